The van der Waals surface area contributed by atoms with Gasteiger partial charge in [-0.3, -0.25) is 14.5 Å². The monoisotopic (exact) mass is 383 g/mol. The van der Waals surface area contributed by atoms with E-state index < -0.39 is 5.41 Å². The lowest BCUT2D eigenvalue weighted by Crippen LogP contribution is -2.35. The summed E-state index contributed by atoms with van der Waals surface area (Å²) in [7, 11) is 0. The van der Waals surface area contributed by atoms with E-state index in [9.17, 15) is 9.59 Å². The summed E-state index contributed by atoms with van der Waals surface area (Å²) in [6, 6.07) is 7.61. The Morgan fingerprint density at radius 2 is 1.55 bits per heavy atom. The Balaban J connectivity index is 1.91. The first-order chi connectivity index (χ1) is 9.62. The maximum Gasteiger partial charge on any atom is 0.240 e. The maximum absolute atomic E-state index is 12.8. The maximum atomic E-state index is 12.8. The molecule has 1 aromatic carbocycles. The fraction of sp³-hybridized carbons (Fsp3) is 0.500. The molecule has 0 unspecified atom stereocenters. The number of hydrogen-bond acceptors (Lipinski definition) is 2. The Morgan fingerprint density at radius 3 is 2.15 bits per heavy atom. The summed E-state index contributed by atoms with van der Waals surface area (Å²) in [5, 5.41) is 0. The highest BCUT2D eigenvalue weighted by atomic mass is 127. The first-order valence-electron chi connectivity index (χ1n) is 7.25. The van der Waals surface area contributed by atoms with Gasteiger partial charge in [0.15, 0.2) is 0 Å². The summed E-state index contributed by atoms with van der Waals surface area (Å²) >= 11 is 2.22. The van der Waals surface area contributed by atoms with Gasteiger partial charge >= 0.3 is 0 Å². The van der Waals surface area contributed by atoms with Gasteiger partial charge in [0, 0.05) is 9.99 Å². The van der Waals surface area contributed by atoms with Gasteiger partial charge in [0.25, 0.3) is 0 Å². The van der Waals surface area contributed by atoms with Gasteiger partial charge in [-0.1, -0.05) is 25.7 Å². The molecule has 2 amide bonds. The number of carbonyl (C=O) groups is 2. The Kier molecular flexibility index (Phi) is 3.84. The second-order valence-corrected chi connectivity index (χ2v) is 7.13. The van der Waals surface area contributed by atoms with Gasteiger partial charge in [0.1, 0.15) is 0 Å². The van der Waals surface area contributed by atoms with Crippen molar-refractivity contribution in [3.63, 3.8) is 0 Å². The fourth-order valence-corrected chi connectivity index (χ4v) is 3.80. The van der Waals surface area contributed by atoms with E-state index in [-0.39, 0.29) is 11.8 Å². The third-order valence-electron chi connectivity index (χ3n) is 4.54. The average Bonchev–Trinajstić information content (AvgIpc) is 2.60. The number of carbonyl (C=O) groups excluding carboxylic acids is 2. The second kappa shape index (κ2) is 5.47. The fourth-order valence-electron chi connectivity index (χ4n) is 3.44. The molecule has 0 atom stereocenters. The summed E-state index contributed by atoms with van der Waals surface area (Å²) in [5.74, 6) is 0.00344. The molecule has 0 radical (unpaired) electrons. The first kappa shape index (κ1) is 14.0. The highest BCUT2D eigenvalue weighted by Crippen LogP contribution is 2.45. The van der Waals surface area contributed by atoms with E-state index in [1.54, 1.807) is 0 Å². The highest BCUT2D eigenvalue weighted by Gasteiger charge is 2.51. The van der Waals surface area contributed by atoms with Gasteiger partial charge in [-0.15, -0.1) is 0 Å². The average molecular weight is 383 g/mol. The van der Waals surface area contributed by atoms with E-state index in [1.807, 2.05) is 24.3 Å². The highest BCUT2D eigenvalue weighted by molar-refractivity contribution is 14.1. The van der Waals surface area contributed by atoms with E-state index in [0.717, 1.165) is 34.9 Å². The van der Waals surface area contributed by atoms with Crippen molar-refractivity contribution < 1.29 is 9.59 Å². The standard InChI is InChI=1S/C16H18INO2/c17-12-5-7-13(8-6-12)18-14(19)11-16(15(18)20)9-3-1-2-4-10-16/h5-8H,1-4,9-11H2. The lowest BCUT2D eigenvalue weighted by Gasteiger charge is -2.25. The Labute approximate surface area is 132 Å². The predicted octanol–water partition coefficient (Wildman–Crippen LogP) is 3.90. The molecule has 1 aromatic rings. The topological polar surface area (TPSA) is 37.4 Å². The van der Waals surface area contributed by atoms with Crippen molar-refractivity contribution in [1.82, 2.24) is 0 Å². The molecule has 2 fully saturated rings. The number of amides is 2. The van der Waals surface area contributed by atoms with Crippen molar-refractivity contribution >= 4 is 40.1 Å². The zero-order chi connectivity index (χ0) is 14.2. The van der Waals surface area contributed by atoms with Gasteiger partial charge < -0.3 is 0 Å². The lowest BCUT2D eigenvalue weighted by atomic mass is 9.79. The number of rotatable bonds is 1. The predicted molar refractivity (Wildman–Crippen MR) is 86.4 cm³/mol. The van der Waals surface area contributed by atoms with Crippen LogP contribution in [0.5, 0.6) is 0 Å². The van der Waals surface area contributed by atoms with Crippen molar-refractivity contribution in [3.05, 3.63) is 27.8 Å². The van der Waals surface area contributed by atoms with Crippen molar-refractivity contribution in [2.75, 3.05) is 4.90 Å². The van der Waals surface area contributed by atoms with Crippen LogP contribution in [0.4, 0.5) is 5.69 Å². The largest absolute Gasteiger partial charge is 0.274 e. The molecule has 0 N–H and O–H groups in total. The van der Waals surface area contributed by atoms with Crippen LogP contribution in [0, 0.1) is 8.99 Å². The third-order valence-corrected chi connectivity index (χ3v) is 5.26. The molecule has 4 heteroatoms. The van der Waals surface area contributed by atoms with E-state index in [4.69, 9.17) is 0 Å². The molecular weight excluding hydrogens is 365 g/mol. The molecule has 1 aliphatic heterocycles. The van der Waals surface area contributed by atoms with E-state index in [2.05, 4.69) is 22.6 Å². The van der Waals surface area contributed by atoms with Crippen LogP contribution in [-0.4, -0.2) is 11.8 Å². The Hall–Kier alpha value is -0.910. The van der Waals surface area contributed by atoms with Gasteiger partial charge in [0.05, 0.1) is 11.1 Å². The summed E-state index contributed by atoms with van der Waals surface area (Å²) in [6.45, 7) is 0. The Bertz CT molecular complexity index is 530. The second-order valence-electron chi connectivity index (χ2n) is 5.88. The molecule has 1 heterocycles. The molecule has 1 saturated carbocycles. The van der Waals surface area contributed by atoms with Crippen LogP contribution in [0.2, 0.25) is 0 Å². The smallest absolute Gasteiger partial charge is 0.240 e. The van der Waals surface area contributed by atoms with Crippen LogP contribution in [0.25, 0.3) is 0 Å². The molecule has 3 rings (SSSR count). The van der Waals surface area contributed by atoms with Crippen molar-refractivity contribution in [2.45, 2.75) is 44.9 Å². The minimum absolute atomic E-state index is 0.0295. The van der Waals surface area contributed by atoms with Crippen LogP contribution in [0.1, 0.15) is 44.9 Å². The quantitative estimate of drug-likeness (QED) is 0.545. The molecular formula is C16H18INO2. The van der Waals surface area contributed by atoms with Crippen LogP contribution >= 0.6 is 22.6 Å². The van der Waals surface area contributed by atoms with Crippen LogP contribution in [-0.2, 0) is 9.59 Å². The van der Waals surface area contributed by atoms with E-state index in [0.29, 0.717) is 6.42 Å². The number of anilines is 1. The van der Waals surface area contributed by atoms with Gasteiger partial charge in [0.2, 0.25) is 11.8 Å². The Morgan fingerprint density at radius 1 is 0.950 bits per heavy atom. The molecule has 2 aliphatic rings. The van der Waals surface area contributed by atoms with Gasteiger partial charge in [-0.05, 0) is 59.7 Å². The lowest BCUT2D eigenvalue weighted by molar-refractivity contribution is -0.126. The minimum Gasteiger partial charge on any atom is -0.274 e. The van der Waals surface area contributed by atoms with Crippen molar-refractivity contribution in [1.29, 1.82) is 0 Å². The number of halogens is 1. The molecule has 3 nitrogen and oxygen atoms in total. The van der Waals surface area contributed by atoms with E-state index >= 15 is 0 Å². The molecule has 0 bridgehead atoms. The van der Waals surface area contributed by atoms with Crippen LogP contribution < -0.4 is 4.90 Å². The van der Waals surface area contributed by atoms with Gasteiger partial charge in [-0.25, -0.2) is 0 Å². The first-order valence-corrected chi connectivity index (χ1v) is 8.33. The summed E-state index contributed by atoms with van der Waals surface area (Å²) < 4.78 is 1.11. The number of imide groups is 1. The zero-order valence-corrected chi connectivity index (χ0v) is 13.6. The third kappa shape index (κ3) is 2.38. The minimum atomic E-state index is -0.406. The van der Waals surface area contributed by atoms with Crippen molar-refractivity contribution in [2.24, 2.45) is 5.41 Å². The number of benzene rings is 1. The normalized spacial score (nSPS) is 22.4. The number of hydrogen-bond donors (Lipinski definition) is 0. The zero-order valence-electron chi connectivity index (χ0n) is 11.4. The molecule has 20 heavy (non-hydrogen) atoms. The summed E-state index contributed by atoms with van der Waals surface area (Å²) in [4.78, 5) is 26.6. The summed E-state index contributed by atoms with van der Waals surface area (Å²) in [5.41, 5.74) is 0.317. The van der Waals surface area contributed by atoms with E-state index in [1.165, 1.54) is 17.7 Å². The number of nitrogens with zero attached hydrogens (tertiary/aromatic N) is 1. The molecule has 1 saturated heterocycles. The van der Waals surface area contributed by atoms with Crippen LogP contribution in [0.3, 0.4) is 0 Å². The molecule has 1 aliphatic carbocycles. The van der Waals surface area contributed by atoms with Crippen molar-refractivity contribution in [3.8, 4) is 0 Å². The van der Waals surface area contributed by atoms with Crippen LogP contribution in [0.15, 0.2) is 24.3 Å². The SMILES string of the molecule is O=C1CC2(CCCCCC2)C(=O)N1c1ccc(I)cc1. The molecule has 1 spiro atoms. The molecule has 106 valence electrons. The summed E-state index contributed by atoms with van der Waals surface area (Å²) in [6.07, 6.45) is 6.66. The molecule has 0 aromatic heterocycles. The van der Waals surface area contributed by atoms with Gasteiger partial charge in [-0.2, -0.15) is 0 Å².